The van der Waals surface area contributed by atoms with Crippen LogP contribution in [0.2, 0.25) is 0 Å². The molecule has 2 aromatic rings. The lowest BCUT2D eigenvalue weighted by molar-refractivity contribution is -0.111. The number of carbonyl (C=O) groups is 2. The van der Waals surface area contributed by atoms with Crippen LogP contribution in [-0.4, -0.2) is 21.6 Å². The summed E-state index contributed by atoms with van der Waals surface area (Å²) in [5.41, 5.74) is 1.31. The van der Waals surface area contributed by atoms with E-state index in [0.29, 0.717) is 5.69 Å². The first-order chi connectivity index (χ1) is 10.4. The summed E-state index contributed by atoms with van der Waals surface area (Å²) < 4.78 is 15.1. The van der Waals surface area contributed by atoms with Crippen molar-refractivity contribution in [3.8, 4) is 0 Å². The van der Waals surface area contributed by atoms with Crippen molar-refractivity contribution >= 4 is 23.2 Å². The van der Waals surface area contributed by atoms with Gasteiger partial charge in [0.1, 0.15) is 5.82 Å². The van der Waals surface area contributed by atoms with E-state index >= 15 is 0 Å². The number of nitrogens with zero attached hydrogens (tertiary/aromatic N) is 2. The topological polar surface area (TPSA) is 76.0 Å². The van der Waals surface area contributed by atoms with E-state index < -0.39 is 17.6 Å². The standard InChI is InChI=1S/C15H15FN4O2/c1-4-13(21)18-12-7-10(5-6-11(12)16)17-15(22)14-9(2)8-20(3)19-14/h4-8H,1H2,2-3H3,(H,17,22)(H,18,21). The van der Waals surface area contributed by atoms with Gasteiger partial charge in [-0.1, -0.05) is 6.58 Å². The summed E-state index contributed by atoms with van der Waals surface area (Å²) in [6, 6.07) is 3.88. The normalized spacial score (nSPS) is 10.1. The average molecular weight is 302 g/mol. The van der Waals surface area contributed by atoms with E-state index in [9.17, 15) is 14.0 Å². The fraction of sp³-hybridized carbons (Fsp3) is 0.133. The maximum Gasteiger partial charge on any atom is 0.276 e. The Kier molecular flexibility index (Phi) is 4.36. The van der Waals surface area contributed by atoms with Crippen LogP contribution in [0, 0.1) is 12.7 Å². The van der Waals surface area contributed by atoms with Crippen molar-refractivity contribution in [3.63, 3.8) is 0 Å². The Hall–Kier alpha value is -2.96. The van der Waals surface area contributed by atoms with Crippen molar-refractivity contribution in [1.29, 1.82) is 0 Å². The highest BCUT2D eigenvalue weighted by Crippen LogP contribution is 2.20. The number of amides is 2. The molecule has 0 aliphatic carbocycles. The van der Waals surface area contributed by atoms with Crippen LogP contribution in [0.15, 0.2) is 37.1 Å². The number of hydrogen-bond donors (Lipinski definition) is 2. The van der Waals surface area contributed by atoms with E-state index in [0.717, 1.165) is 17.7 Å². The molecule has 1 heterocycles. The molecule has 0 saturated carbocycles. The molecule has 114 valence electrons. The molecule has 1 aromatic heterocycles. The molecular weight excluding hydrogens is 287 g/mol. The molecular formula is C15H15FN4O2. The molecule has 6 nitrogen and oxygen atoms in total. The number of hydrogen-bond acceptors (Lipinski definition) is 3. The summed E-state index contributed by atoms with van der Waals surface area (Å²) in [5.74, 6) is -1.56. The SMILES string of the molecule is C=CC(=O)Nc1cc(NC(=O)c2nn(C)cc2C)ccc1F. The highest BCUT2D eigenvalue weighted by molar-refractivity contribution is 6.04. The van der Waals surface area contributed by atoms with Gasteiger partial charge < -0.3 is 10.6 Å². The summed E-state index contributed by atoms with van der Waals surface area (Å²) in [6.07, 6.45) is 2.75. The molecule has 2 N–H and O–H groups in total. The van der Waals surface area contributed by atoms with Crippen LogP contribution < -0.4 is 10.6 Å². The van der Waals surface area contributed by atoms with Gasteiger partial charge in [0.05, 0.1) is 5.69 Å². The Balaban J connectivity index is 2.21. The van der Waals surface area contributed by atoms with Gasteiger partial charge in [-0.05, 0) is 31.2 Å². The average Bonchev–Trinajstić information content (AvgIpc) is 2.81. The van der Waals surface area contributed by atoms with Crippen LogP contribution in [0.3, 0.4) is 0 Å². The number of nitrogens with one attached hydrogen (secondary N) is 2. The van der Waals surface area contributed by atoms with Gasteiger partial charge in [0.15, 0.2) is 5.69 Å². The lowest BCUT2D eigenvalue weighted by Crippen LogP contribution is -2.15. The van der Waals surface area contributed by atoms with Crippen LogP contribution in [0.4, 0.5) is 15.8 Å². The first kappa shape index (κ1) is 15.4. The predicted octanol–water partition coefficient (Wildman–Crippen LogP) is 2.24. The molecule has 0 unspecified atom stereocenters. The molecule has 0 radical (unpaired) electrons. The van der Waals surface area contributed by atoms with Gasteiger partial charge in [-0.15, -0.1) is 0 Å². The van der Waals surface area contributed by atoms with Crippen molar-refractivity contribution in [3.05, 3.63) is 54.1 Å². The molecule has 1 aromatic carbocycles. The second kappa shape index (κ2) is 6.21. The second-order valence-electron chi connectivity index (χ2n) is 4.68. The van der Waals surface area contributed by atoms with E-state index in [-0.39, 0.29) is 11.4 Å². The Morgan fingerprint density at radius 2 is 2.09 bits per heavy atom. The minimum atomic E-state index is -0.609. The molecule has 0 spiro atoms. The monoisotopic (exact) mass is 302 g/mol. The van der Waals surface area contributed by atoms with Gasteiger partial charge in [0.25, 0.3) is 5.91 Å². The lowest BCUT2D eigenvalue weighted by Gasteiger charge is -2.08. The van der Waals surface area contributed by atoms with Crippen molar-refractivity contribution in [2.75, 3.05) is 10.6 Å². The highest BCUT2D eigenvalue weighted by atomic mass is 19.1. The molecule has 2 amide bonds. The third kappa shape index (κ3) is 3.38. The number of carbonyl (C=O) groups excluding carboxylic acids is 2. The minimum absolute atomic E-state index is 0.0413. The van der Waals surface area contributed by atoms with Gasteiger partial charge in [0.2, 0.25) is 5.91 Å². The zero-order valence-electron chi connectivity index (χ0n) is 12.2. The van der Waals surface area contributed by atoms with Crippen molar-refractivity contribution < 1.29 is 14.0 Å². The minimum Gasteiger partial charge on any atom is -0.321 e. The van der Waals surface area contributed by atoms with E-state index in [4.69, 9.17) is 0 Å². The van der Waals surface area contributed by atoms with E-state index in [1.54, 1.807) is 20.2 Å². The Bertz CT molecular complexity index is 752. The number of benzene rings is 1. The van der Waals surface area contributed by atoms with Crippen LogP contribution in [0.1, 0.15) is 16.1 Å². The number of rotatable bonds is 4. The smallest absolute Gasteiger partial charge is 0.276 e. The van der Waals surface area contributed by atoms with Gasteiger partial charge in [-0.25, -0.2) is 4.39 Å². The Morgan fingerprint density at radius 3 is 2.68 bits per heavy atom. The maximum atomic E-state index is 13.6. The van der Waals surface area contributed by atoms with Crippen LogP contribution in [0.25, 0.3) is 0 Å². The first-order valence-electron chi connectivity index (χ1n) is 6.45. The van der Waals surface area contributed by atoms with E-state index in [2.05, 4.69) is 22.3 Å². The molecule has 22 heavy (non-hydrogen) atoms. The van der Waals surface area contributed by atoms with Crippen molar-refractivity contribution in [2.24, 2.45) is 7.05 Å². The lowest BCUT2D eigenvalue weighted by atomic mass is 10.2. The van der Waals surface area contributed by atoms with Crippen LogP contribution in [0.5, 0.6) is 0 Å². The Morgan fingerprint density at radius 1 is 1.36 bits per heavy atom. The maximum absolute atomic E-state index is 13.6. The van der Waals surface area contributed by atoms with Gasteiger partial charge in [-0.3, -0.25) is 14.3 Å². The molecule has 0 aliphatic heterocycles. The van der Waals surface area contributed by atoms with Crippen molar-refractivity contribution in [2.45, 2.75) is 6.92 Å². The fourth-order valence-corrected chi connectivity index (χ4v) is 1.90. The zero-order valence-corrected chi connectivity index (χ0v) is 12.2. The molecule has 7 heteroatoms. The zero-order chi connectivity index (χ0) is 16.3. The van der Waals surface area contributed by atoms with Gasteiger partial charge >= 0.3 is 0 Å². The summed E-state index contributed by atoms with van der Waals surface area (Å²) in [5, 5.41) is 8.99. The van der Waals surface area contributed by atoms with E-state index in [1.807, 2.05) is 0 Å². The Labute approximate surface area is 126 Å². The number of aromatic nitrogens is 2. The highest BCUT2D eigenvalue weighted by Gasteiger charge is 2.14. The third-order valence-corrected chi connectivity index (χ3v) is 2.89. The molecule has 0 aliphatic rings. The van der Waals surface area contributed by atoms with Crippen LogP contribution in [-0.2, 0) is 11.8 Å². The summed E-state index contributed by atoms with van der Waals surface area (Å²) in [7, 11) is 1.71. The predicted molar refractivity (Wildman–Crippen MR) is 81.1 cm³/mol. The largest absolute Gasteiger partial charge is 0.321 e. The fourth-order valence-electron chi connectivity index (χ4n) is 1.90. The molecule has 0 atom stereocenters. The number of halogens is 1. The summed E-state index contributed by atoms with van der Waals surface area (Å²) in [4.78, 5) is 23.4. The number of anilines is 2. The molecule has 0 saturated heterocycles. The second-order valence-corrected chi connectivity index (χ2v) is 4.68. The van der Waals surface area contributed by atoms with Gasteiger partial charge in [0, 0.05) is 24.5 Å². The van der Waals surface area contributed by atoms with E-state index in [1.165, 1.54) is 16.8 Å². The first-order valence-corrected chi connectivity index (χ1v) is 6.45. The van der Waals surface area contributed by atoms with Crippen LogP contribution >= 0.6 is 0 Å². The molecule has 2 rings (SSSR count). The number of aryl methyl sites for hydroxylation is 2. The molecule has 0 fully saturated rings. The van der Waals surface area contributed by atoms with Gasteiger partial charge in [-0.2, -0.15) is 5.10 Å². The molecule has 0 bridgehead atoms. The van der Waals surface area contributed by atoms with Crippen molar-refractivity contribution in [1.82, 2.24) is 9.78 Å². The summed E-state index contributed by atoms with van der Waals surface area (Å²) in [6.45, 7) is 5.06. The quantitative estimate of drug-likeness (QED) is 0.850. The summed E-state index contributed by atoms with van der Waals surface area (Å²) >= 11 is 0. The third-order valence-electron chi connectivity index (χ3n) is 2.89.